The molecule has 0 aliphatic carbocycles. The molecule has 0 saturated carbocycles. The van der Waals surface area contributed by atoms with E-state index in [9.17, 15) is 4.79 Å². The van der Waals surface area contributed by atoms with Gasteiger partial charge in [-0.25, -0.2) is 4.79 Å². The van der Waals surface area contributed by atoms with Gasteiger partial charge in [-0.05, 0) is 42.0 Å². The molecular weight excluding hydrogens is 328 g/mol. The van der Waals surface area contributed by atoms with Crippen molar-refractivity contribution in [1.82, 2.24) is 5.32 Å². The van der Waals surface area contributed by atoms with Crippen molar-refractivity contribution < 1.29 is 14.3 Å². The van der Waals surface area contributed by atoms with Crippen LogP contribution < -0.4 is 19.7 Å². The van der Waals surface area contributed by atoms with Gasteiger partial charge < -0.3 is 14.8 Å². The molecule has 5 heteroatoms. The Hall–Kier alpha value is -3.47. The molecule has 1 heterocycles. The summed E-state index contributed by atoms with van der Waals surface area (Å²) in [5.41, 5.74) is 2.56. The van der Waals surface area contributed by atoms with E-state index in [4.69, 9.17) is 9.47 Å². The summed E-state index contributed by atoms with van der Waals surface area (Å²) < 4.78 is 10.7. The minimum Gasteiger partial charge on any atom is -0.454 e. The van der Waals surface area contributed by atoms with Crippen LogP contribution >= 0.6 is 0 Å². The van der Waals surface area contributed by atoms with Crippen LogP contribution in [0.2, 0.25) is 0 Å². The van der Waals surface area contributed by atoms with Crippen molar-refractivity contribution in [3.8, 4) is 11.5 Å². The van der Waals surface area contributed by atoms with Gasteiger partial charge in [0.25, 0.3) is 0 Å². The molecule has 0 saturated heterocycles. The lowest BCUT2D eigenvalue weighted by molar-refractivity contribution is 0.174. The van der Waals surface area contributed by atoms with E-state index >= 15 is 0 Å². The predicted molar refractivity (Wildman–Crippen MR) is 99.8 cm³/mol. The summed E-state index contributed by atoms with van der Waals surface area (Å²) in [6.07, 6.45) is 0. The number of carbonyl (C=O) groups excluding carboxylic acids is 1. The first-order chi connectivity index (χ1) is 12.8. The number of benzene rings is 3. The first-order valence-corrected chi connectivity index (χ1v) is 8.38. The highest BCUT2D eigenvalue weighted by Gasteiger charge is 2.18. The summed E-state index contributed by atoms with van der Waals surface area (Å²) in [6.45, 7) is 0.632. The maximum Gasteiger partial charge on any atom is 0.326 e. The van der Waals surface area contributed by atoms with Crippen LogP contribution in [0.5, 0.6) is 11.5 Å². The van der Waals surface area contributed by atoms with Crippen molar-refractivity contribution >= 4 is 17.4 Å². The molecule has 1 N–H and O–H groups in total. The molecule has 0 fully saturated rings. The van der Waals surface area contributed by atoms with Crippen LogP contribution in [0.3, 0.4) is 0 Å². The quantitative estimate of drug-likeness (QED) is 0.759. The van der Waals surface area contributed by atoms with Gasteiger partial charge in [-0.3, -0.25) is 4.90 Å². The number of nitrogens with one attached hydrogen (secondary N) is 1. The average molecular weight is 346 g/mol. The number of fused-ring (bicyclic) bond motifs is 1. The second kappa shape index (κ2) is 7.19. The van der Waals surface area contributed by atoms with E-state index in [1.54, 1.807) is 4.90 Å². The van der Waals surface area contributed by atoms with E-state index in [-0.39, 0.29) is 12.8 Å². The lowest BCUT2D eigenvalue weighted by atomic mass is 10.2. The van der Waals surface area contributed by atoms with Crippen molar-refractivity contribution in [2.75, 3.05) is 11.7 Å². The molecule has 3 aromatic carbocycles. The number of nitrogens with zero attached hydrogens (tertiary/aromatic N) is 1. The zero-order valence-corrected chi connectivity index (χ0v) is 14.1. The molecule has 4 rings (SSSR count). The molecule has 26 heavy (non-hydrogen) atoms. The van der Waals surface area contributed by atoms with Gasteiger partial charge in [0.05, 0.1) is 11.4 Å². The lowest BCUT2D eigenvalue weighted by Crippen LogP contribution is -2.36. The van der Waals surface area contributed by atoms with Crippen LogP contribution in [-0.4, -0.2) is 12.8 Å². The monoisotopic (exact) mass is 346 g/mol. The number of hydrogen-bond donors (Lipinski definition) is 1. The Kier molecular flexibility index (Phi) is 4.43. The Labute approximate surface area is 151 Å². The van der Waals surface area contributed by atoms with Gasteiger partial charge in [-0.1, -0.05) is 42.5 Å². The van der Waals surface area contributed by atoms with Crippen LogP contribution in [0.15, 0.2) is 78.9 Å². The van der Waals surface area contributed by atoms with Crippen molar-refractivity contribution in [2.45, 2.75) is 6.54 Å². The van der Waals surface area contributed by atoms with E-state index in [1.165, 1.54) is 0 Å². The Morgan fingerprint density at radius 1 is 0.846 bits per heavy atom. The second-order valence-electron chi connectivity index (χ2n) is 5.85. The molecular formula is C21H18N2O3. The zero-order chi connectivity index (χ0) is 17.8. The van der Waals surface area contributed by atoms with E-state index in [0.29, 0.717) is 12.3 Å². The normalized spacial score (nSPS) is 11.8. The Morgan fingerprint density at radius 2 is 1.46 bits per heavy atom. The predicted octanol–water partition coefficient (Wildman–Crippen LogP) is 4.46. The maximum absolute atomic E-state index is 12.9. The maximum atomic E-state index is 12.9. The van der Waals surface area contributed by atoms with E-state index < -0.39 is 0 Å². The largest absolute Gasteiger partial charge is 0.454 e. The van der Waals surface area contributed by atoms with Crippen LogP contribution in [0.25, 0.3) is 0 Å². The first kappa shape index (κ1) is 16.0. The Balaban J connectivity index is 1.53. The zero-order valence-electron chi connectivity index (χ0n) is 14.1. The Bertz CT molecular complexity index is 858. The van der Waals surface area contributed by atoms with Gasteiger partial charge in [-0.15, -0.1) is 0 Å². The fraction of sp³-hybridized carbons (Fsp3) is 0.0952. The third-order valence-corrected chi connectivity index (χ3v) is 4.11. The number of urea groups is 1. The highest BCUT2D eigenvalue weighted by Crippen LogP contribution is 2.32. The van der Waals surface area contributed by atoms with Crippen LogP contribution in [0, 0.1) is 0 Å². The van der Waals surface area contributed by atoms with Crippen LogP contribution in [0.1, 0.15) is 5.56 Å². The third-order valence-electron chi connectivity index (χ3n) is 4.11. The molecule has 0 bridgehead atoms. The molecule has 0 radical (unpaired) electrons. The second-order valence-corrected chi connectivity index (χ2v) is 5.85. The molecule has 130 valence electrons. The fourth-order valence-corrected chi connectivity index (χ4v) is 2.85. The Morgan fingerprint density at radius 3 is 2.12 bits per heavy atom. The number of amides is 2. The third kappa shape index (κ3) is 3.32. The van der Waals surface area contributed by atoms with E-state index in [0.717, 1.165) is 22.7 Å². The molecule has 3 aromatic rings. The molecule has 0 atom stereocenters. The summed E-state index contributed by atoms with van der Waals surface area (Å²) in [4.78, 5) is 14.6. The summed E-state index contributed by atoms with van der Waals surface area (Å²) in [5.74, 6) is 1.44. The summed E-state index contributed by atoms with van der Waals surface area (Å²) in [5, 5.41) is 2.98. The molecule has 5 nitrogen and oxygen atoms in total. The summed E-state index contributed by atoms with van der Waals surface area (Å²) in [7, 11) is 0. The first-order valence-electron chi connectivity index (χ1n) is 8.38. The number of ether oxygens (including phenoxy) is 2. The standard InChI is InChI=1S/C21H18N2O3/c24-21(22-14-16-11-12-19-20(13-16)26-15-25-19)23(17-7-3-1-4-8-17)18-9-5-2-6-10-18/h1-13H,14-15H2,(H,22,24). The van der Waals surface area contributed by atoms with Gasteiger partial charge in [0.15, 0.2) is 11.5 Å². The SMILES string of the molecule is O=C(NCc1ccc2c(c1)OCO2)N(c1ccccc1)c1ccccc1. The van der Waals surface area contributed by atoms with Crippen molar-refractivity contribution in [3.63, 3.8) is 0 Å². The number of anilines is 2. The van der Waals surface area contributed by atoms with Crippen molar-refractivity contribution in [2.24, 2.45) is 0 Å². The van der Waals surface area contributed by atoms with Crippen molar-refractivity contribution in [1.29, 1.82) is 0 Å². The molecule has 0 aromatic heterocycles. The number of carbonyl (C=O) groups is 1. The van der Waals surface area contributed by atoms with Crippen LogP contribution in [0.4, 0.5) is 16.2 Å². The highest BCUT2D eigenvalue weighted by molar-refractivity contribution is 5.99. The molecule has 0 spiro atoms. The summed E-state index contributed by atoms with van der Waals surface area (Å²) in [6, 6.07) is 24.6. The van der Waals surface area contributed by atoms with Crippen LogP contribution in [-0.2, 0) is 6.54 Å². The minimum atomic E-state index is -0.194. The molecule has 1 aliphatic heterocycles. The highest BCUT2D eigenvalue weighted by atomic mass is 16.7. The fourth-order valence-electron chi connectivity index (χ4n) is 2.85. The molecule has 0 unspecified atom stereocenters. The van der Waals surface area contributed by atoms with E-state index in [1.807, 2.05) is 78.9 Å². The smallest absolute Gasteiger partial charge is 0.326 e. The number of hydrogen-bond acceptors (Lipinski definition) is 3. The van der Waals surface area contributed by atoms with Gasteiger partial charge in [0, 0.05) is 6.54 Å². The number of para-hydroxylation sites is 2. The minimum absolute atomic E-state index is 0.194. The topological polar surface area (TPSA) is 50.8 Å². The summed E-state index contributed by atoms with van der Waals surface area (Å²) >= 11 is 0. The lowest BCUT2D eigenvalue weighted by Gasteiger charge is -2.23. The van der Waals surface area contributed by atoms with Crippen molar-refractivity contribution in [3.05, 3.63) is 84.4 Å². The van der Waals surface area contributed by atoms with Gasteiger partial charge in [0.2, 0.25) is 6.79 Å². The van der Waals surface area contributed by atoms with E-state index in [2.05, 4.69) is 5.32 Å². The average Bonchev–Trinajstić information content (AvgIpc) is 3.16. The van der Waals surface area contributed by atoms with Gasteiger partial charge in [-0.2, -0.15) is 0 Å². The van der Waals surface area contributed by atoms with Gasteiger partial charge in [0.1, 0.15) is 0 Å². The van der Waals surface area contributed by atoms with Gasteiger partial charge >= 0.3 is 6.03 Å². The number of rotatable bonds is 4. The molecule has 2 amide bonds. The molecule has 1 aliphatic rings.